The van der Waals surface area contributed by atoms with E-state index in [-0.39, 0.29) is 18.4 Å². The van der Waals surface area contributed by atoms with Crippen LogP contribution in [0.25, 0.3) is 0 Å². The number of hydrogen-bond donors (Lipinski definition) is 1. The van der Waals surface area contributed by atoms with Crippen LogP contribution in [0, 0.1) is 0 Å². The second-order valence-corrected chi connectivity index (χ2v) is 4.33. The number of pyridine rings is 1. The summed E-state index contributed by atoms with van der Waals surface area (Å²) in [4.78, 5) is 17.9. The fraction of sp³-hybridized carbons (Fsp3) is 0.571. The molecule has 0 amide bonds. The first-order valence-electron chi connectivity index (χ1n) is 6.74. The summed E-state index contributed by atoms with van der Waals surface area (Å²) in [5.41, 5.74) is 6.45. The fourth-order valence-corrected chi connectivity index (χ4v) is 1.80. The Balaban J connectivity index is 0.00000361. The van der Waals surface area contributed by atoms with E-state index in [9.17, 15) is 4.79 Å². The molecule has 5 nitrogen and oxygen atoms in total. The van der Waals surface area contributed by atoms with Crippen molar-refractivity contribution in [1.82, 2.24) is 9.88 Å². The predicted octanol–water partition coefficient (Wildman–Crippen LogP) is 1.61. The minimum absolute atomic E-state index is 0. The molecule has 0 spiro atoms. The third kappa shape index (κ3) is 8.09. The lowest BCUT2D eigenvalue weighted by Crippen LogP contribution is -2.32. The predicted molar refractivity (Wildman–Crippen MR) is 81.7 cm³/mol. The smallest absolute Gasteiger partial charge is 0.320 e. The SMILES string of the molecule is CCOC(=O)CN(CCCCN)Cc1ccccn1.Cl. The zero-order valence-corrected chi connectivity index (χ0v) is 12.8. The van der Waals surface area contributed by atoms with Gasteiger partial charge in [-0.1, -0.05) is 6.07 Å². The van der Waals surface area contributed by atoms with E-state index in [0.717, 1.165) is 25.1 Å². The summed E-state index contributed by atoms with van der Waals surface area (Å²) in [5.74, 6) is -0.189. The van der Waals surface area contributed by atoms with Crippen molar-refractivity contribution >= 4 is 18.4 Å². The maximum atomic E-state index is 11.6. The first-order valence-corrected chi connectivity index (χ1v) is 6.74. The van der Waals surface area contributed by atoms with Crippen LogP contribution >= 0.6 is 12.4 Å². The standard InChI is InChI=1S/C14H23N3O2.ClH/c1-2-19-14(18)12-17(10-6-4-8-15)11-13-7-3-5-9-16-13;/h3,5,7,9H,2,4,6,8,10-12,15H2,1H3;1H. The van der Waals surface area contributed by atoms with Crippen LogP contribution in [0.5, 0.6) is 0 Å². The number of esters is 1. The first kappa shape index (κ1) is 18.8. The van der Waals surface area contributed by atoms with Crippen LogP contribution in [0.3, 0.4) is 0 Å². The van der Waals surface area contributed by atoms with Gasteiger partial charge in [0, 0.05) is 12.7 Å². The number of aromatic nitrogens is 1. The zero-order chi connectivity index (χ0) is 13.9. The molecule has 1 aromatic rings. The van der Waals surface area contributed by atoms with E-state index in [1.54, 1.807) is 6.20 Å². The quantitative estimate of drug-likeness (QED) is 0.554. The lowest BCUT2D eigenvalue weighted by molar-refractivity contribution is -0.144. The van der Waals surface area contributed by atoms with Gasteiger partial charge in [0.2, 0.25) is 0 Å². The summed E-state index contributed by atoms with van der Waals surface area (Å²) in [7, 11) is 0. The average molecular weight is 302 g/mol. The molecule has 6 heteroatoms. The molecule has 0 aromatic carbocycles. The van der Waals surface area contributed by atoms with Crippen LogP contribution in [0.15, 0.2) is 24.4 Å². The number of carbonyl (C=O) groups is 1. The molecule has 0 fully saturated rings. The maximum absolute atomic E-state index is 11.6. The third-order valence-corrected chi connectivity index (χ3v) is 2.70. The van der Waals surface area contributed by atoms with Gasteiger partial charge in [0.1, 0.15) is 0 Å². The second kappa shape index (κ2) is 11.6. The van der Waals surface area contributed by atoms with Gasteiger partial charge in [0.25, 0.3) is 0 Å². The largest absolute Gasteiger partial charge is 0.465 e. The number of halogens is 1. The van der Waals surface area contributed by atoms with Crippen molar-refractivity contribution < 1.29 is 9.53 Å². The monoisotopic (exact) mass is 301 g/mol. The minimum Gasteiger partial charge on any atom is -0.465 e. The lowest BCUT2D eigenvalue weighted by Gasteiger charge is -2.20. The lowest BCUT2D eigenvalue weighted by atomic mass is 10.2. The molecular weight excluding hydrogens is 278 g/mol. The van der Waals surface area contributed by atoms with Gasteiger partial charge in [0.05, 0.1) is 18.8 Å². The Labute approximate surface area is 126 Å². The van der Waals surface area contributed by atoms with E-state index in [0.29, 0.717) is 26.2 Å². The summed E-state index contributed by atoms with van der Waals surface area (Å²) in [6.45, 7) is 4.69. The van der Waals surface area contributed by atoms with Gasteiger partial charge in [-0.15, -0.1) is 12.4 Å². The van der Waals surface area contributed by atoms with Crippen molar-refractivity contribution in [2.45, 2.75) is 26.3 Å². The van der Waals surface area contributed by atoms with E-state index >= 15 is 0 Å². The van der Waals surface area contributed by atoms with Crippen LogP contribution in [-0.4, -0.2) is 42.1 Å². The summed E-state index contributed by atoms with van der Waals surface area (Å²) >= 11 is 0. The van der Waals surface area contributed by atoms with Gasteiger partial charge >= 0.3 is 5.97 Å². The maximum Gasteiger partial charge on any atom is 0.320 e. The number of hydrogen-bond acceptors (Lipinski definition) is 5. The molecule has 0 aliphatic heterocycles. The number of ether oxygens (including phenoxy) is 1. The van der Waals surface area contributed by atoms with Gasteiger partial charge in [-0.25, -0.2) is 0 Å². The summed E-state index contributed by atoms with van der Waals surface area (Å²) < 4.78 is 4.99. The Morgan fingerprint density at radius 2 is 2.20 bits per heavy atom. The number of rotatable bonds is 9. The third-order valence-electron chi connectivity index (χ3n) is 2.70. The Bertz CT molecular complexity index is 363. The second-order valence-electron chi connectivity index (χ2n) is 4.33. The normalized spacial score (nSPS) is 10.2. The first-order chi connectivity index (χ1) is 9.26. The van der Waals surface area contributed by atoms with E-state index in [1.165, 1.54) is 0 Å². The van der Waals surface area contributed by atoms with Gasteiger partial charge in [-0.05, 0) is 45.0 Å². The fourth-order valence-electron chi connectivity index (χ4n) is 1.80. The van der Waals surface area contributed by atoms with Crippen LogP contribution < -0.4 is 5.73 Å². The Hall–Kier alpha value is -1.17. The molecule has 0 atom stereocenters. The average Bonchev–Trinajstić information content (AvgIpc) is 2.40. The van der Waals surface area contributed by atoms with Crippen molar-refractivity contribution in [3.63, 3.8) is 0 Å². The highest BCUT2D eigenvalue weighted by Crippen LogP contribution is 2.03. The number of nitrogens with zero attached hydrogens (tertiary/aromatic N) is 2. The summed E-state index contributed by atoms with van der Waals surface area (Å²) in [5, 5.41) is 0. The molecule has 0 saturated carbocycles. The molecular formula is C14H24ClN3O2. The van der Waals surface area contributed by atoms with Gasteiger partial charge in [0.15, 0.2) is 0 Å². The molecule has 0 aliphatic carbocycles. The Kier molecular flexibility index (Phi) is 11.0. The Morgan fingerprint density at radius 3 is 2.80 bits per heavy atom. The molecule has 0 saturated heterocycles. The molecule has 20 heavy (non-hydrogen) atoms. The van der Waals surface area contributed by atoms with Crippen molar-refractivity contribution in [3.05, 3.63) is 30.1 Å². The van der Waals surface area contributed by atoms with Gasteiger partial charge < -0.3 is 10.5 Å². The van der Waals surface area contributed by atoms with E-state index in [4.69, 9.17) is 10.5 Å². The highest BCUT2D eigenvalue weighted by Gasteiger charge is 2.12. The van der Waals surface area contributed by atoms with Crippen LogP contribution in [-0.2, 0) is 16.1 Å². The summed E-state index contributed by atoms with van der Waals surface area (Å²) in [6, 6.07) is 5.79. The van der Waals surface area contributed by atoms with E-state index < -0.39 is 0 Å². The van der Waals surface area contributed by atoms with E-state index in [2.05, 4.69) is 9.88 Å². The number of unbranched alkanes of at least 4 members (excludes halogenated alkanes) is 1. The summed E-state index contributed by atoms with van der Waals surface area (Å²) in [6.07, 6.45) is 3.70. The molecule has 2 N–H and O–H groups in total. The molecule has 1 heterocycles. The molecule has 0 bridgehead atoms. The molecule has 0 radical (unpaired) electrons. The molecule has 1 rings (SSSR count). The molecule has 0 aliphatic rings. The molecule has 0 unspecified atom stereocenters. The van der Waals surface area contributed by atoms with Gasteiger partial charge in [-0.3, -0.25) is 14.7 Å². The van der Waals surface area contributed by atoms with Crippen molar-refractivity contribution in [3.8, 4) is 0 Å². The molecule has 114 valence electrons. The van der Waals surface area contributed by atoms with Crippen LogP contribution in [0.4, 0.5) is 0 Å². The highest BCUT2D eigenvalue weighted by molar-refractivity contribution is 5.85. The topological polar surface area (TPSA) is 68.5 Å². The van der Waals surface area contributed by atoms with Crippen LogP contribution in [0.1, 0.15) is 25.5 Å². The number of carbonyl (C=O) groups excluding carboxylic acids is 1. The van der Waals surface area contributed by atoms with Crippen LogP contribution in [0.2, 0.25) is 0 Å². The van der Waals surface area contributed by atoms with Gasteiger partial charge in [-0.2, -0.15) is 0 Å². The Morgan fingerprint density at radius 1 is 1.40 bits per heavy atom. The molecule has 1 aromatic heterocycles. The highest BCUT2D eigenvalue weighted by atomic mass is 35.5. The van der Waals surface area contributed by atoms with Crippen molar-refractivity contribution in [1.29, 1.82) is 0 Å². The minimum atomic E-state index is -0.189. The van der Waals surface area contributed by atoms with Crippen molar-refractivity contribution in [2.24, 2.45) is 5.73 Å². The number of nitrogens with two attached hydrogens (primary N) is 1. The zero-order valence-electron chi connectivity index (χ0n) is 12.0. The van der Waals surface area contributed by atoms with E-state index in [1.807, 2.05) is 25.1 Å². The van der Waals surface area contributed by atoms with Crippen molar-refractivity contribution in [2.75, 3.05) is 26.2 Å².